The summed E-state index contributed by atoms with van der Waals surface area (Å²) in [5.41, 5.74) is 2.14. The molecule has 7 heteroatoms. The fourth-order valence-electron chi connectivity index (χ4n) is 5.49. The number of carbonyl (C=O) groups excluding carboxylic acids is 1. The van der Waals surface area contributed by atoms with Gasteiger partial charge in [-0.05, 0) is 34.4 Å². The molecular formula is C25H30N6O. The SMILES string of the molecule is O=CN1CCN(C2(c3nnnn3C(c3ccccc3)c3ccccc3)CCCCC2)CC1. The van der Waals surface area contributed by atoms with Gasteiger partial charge in [0.25, 0.3) is 0 Å². The van der Waals surface area contributed by atoms with Gasteiger partial charge in [0, 0.05) is 26.2 Å². The zero-order valence-electron chi connectivity index (χ0n) is 18.4. The molecular weight excluding hydrogens is 400 g/mol. The average Bonchev–Trinajstić information content (AvgIpc) is 3.36. The third kappa shape index (κ3) is 3.81. The molecule has 2 aliphatic rings. The van der Waals surface area contributed by atoms with Gasteiger partial charge in [0.1, 0.15) is 6.04 Å². The van der Waals surface area contributed by atoms with Crippen molar-refractivity contribution >= 4 is 6.41 Å². The lowest BCUT2D eigenvalue weighted by molar-refractivity contribution is -0.121. The molecule has 2 fully saturated rings. The van der Waals surface area contributed by atoms with Crippen LogP contribution in [-0.2, 0) is 10.3 Å². The molecule has 0 bridgehead atoms. The van der Waals surface area contributed by atoms with Crippen LogP contribution >= 0.6 is 0 Å². The van der Waals surface area contributed by atoms with Crippen molar-refractivity contribution in [3.63, 3.8) is 0 Å². The highest BCUT2D eigenvalue weighted by Gasteiger charge is 2.45. The van der Waals surface area contributed by atoms with E-state index in [1.165, 1.54) is 30.4 Å². The van der Waals surface area contributed by atoms with Gasteiger partial charge in [-0.15, -0.1) is 5.10 Å². The Bertz CT molecular complexity index is 968. The summed E-state index contributed by atoms with van der Waals surface area (Å²) < 4.78 is 2.06. The van der Waals surface area contributed by atoms with Gasteiger partial charge in [-0.3, -0.25) is 9.69 Å². The number of rotatable bonds is 6. The van der Waals surface area contributed by atoms with Gasteiger partial charge in [0.15, 0.2) is 5.82 Å². The molecule has 7 nitrogen and oxygen atoms in total. The molecule has 1 amide bonds. The Labute approximate surface area is 189 Å². The van der Waals surface area contributed by atoms with Gasteiger partial charge in [-0.1, -0.05) is 79.9 Å². The summed E-state index contributed by atoms with van der Waals surface area (Å²) in [5, 5.41) is 13.5. The van der Waals surface area contributed by atoms with Crippen molar-refractivity contribution in [2.45, 2.75) is 43.7 Å². The summed E-state index contributed by atoms with van der Waals surface area (Å²) >= 11 is 0. The van der Waals surface area contributed by atoms with Crippen molar-refractivity contribution in [1.82, 2.24) is 30.0 Å². The fourth-order valence-corrected chi connectivity index (χ4v) is 5.49. The van der Waals surface area contributed by atoms with Gasteiger partial charge in [-0.25, -0.2) is 4.68 Å². The predicted molar refractivity (Wildman–Crippen MR) is 122 cm³/mol. The number of hydrogen-bond acceptors (Lipinski definition) is 5. The minimum atomic E-state index is -0.196. The number of amides is 1. The summed E-state index contributed by atoms with van der Waals surface area (Å²) in [4.78, 5) is 15.7. The lowest BCUT2D eigenvalue weighted by Crippen LogP contribution is -2.57. The molecule has 32 heavy (non-hydrogen) atoms. The molecule has 2 heterocycles. The second kappa shape index (κ2) is 9.20. The van der Waals surface area contributed by atoms with E-state index in [9.17, 15) is 4.79 Å². The van der Waals surface area contributed by atoms with E-state index in [1.807, 2.05) is 17.0 Å². The smallest absolute Gasteiger partial charge is 0.209 e. The Balaban J connectivity index is 1.60. The van der Waals surface area contributed by atoms with E-state index in [-0.39, 0.29) is 11.6 Å². The normalized spacial score (nSPS) is 19.2. The first-order valence-corrected chi connectivity index (χ1v) is 11.6. The quantitative estimate of drug-likeness (QED) is 0.562. The van der Waals surface area contributed by atoms with Crippen LogP contribution in [0.25, 0.3) is 0 Å². The molecule has 0 atom stereocenters. The number of hydrogen-bond donors (Lipinski definition) is 0. The summed E-state index contributed by atoms with van der Waals surface area (Å²) in [5.74, 6) is 0.953. The zero-order chi connectivity index (χ0) is 21.8. The predicted octanol–water partition coefficient (Wildman–Crippen LogP) is 3.24. The van der Waals surface area contributed by atoms with Crippen LogP contribution in [0.15, 0.2) is 60.7 Å². The Morgan fingerprint density at radius 2 is 1.41 bits per heavy atom. The number of aromatic nitrogens is 4. The molecule has 2 aromatic carbocycles. The van der Waals surface area contributed by atoms with Crippen LogP contribution < -0.4 is 0 Å². The van der Waals surface area contributed by atoms with Crippen molar-refractivity contribution in [3.8, 4) is 0 Å². The number of tetrazole rings is 1. The maximum atomic E-state index is 11.3. The molecule has 0 radical (unpaired) electrons. The van der Waals surface area contributed by atoms with E-state index in [0.717, 1.165) is 51.3 Å². The number of piperazine rings is 1. The number of carbonyl (C=O) groups is 1. The van der Waals surface area contributed by atoms with Gasteiger partial charge in [-0.2, -0.15) is 0 Å². The van der Waals surface area contributed by atoms with Gasteiger partial charge in [0.05, 0.1) is 5.54 Å². The zero-order valence-corrected chi connectivity index (χ0v) is 18.4. The summed E-state index contributed by atoms with van der Waals surface area (Å²) in [6.45, 7) is 3.22. The van der Waals surface area contributed by atoms with Crippen molar-refractivity contribution in [2.75, 3.05) is 26.2 Å². The minimum Gasteiger partial charge on any atom is -0.343 e. The van der Waals surface area contributed by atoms with Crippen molar-refractivity contribution in [2.24, 2.45) is 0 Å². The van der Waals surface area contributed by atoms with Gasteiger partial charge in [0.2, 0.25) is 6.41 Å². The monoisotopic (exact) mass is 430 g/mol. The Morgan fingerprint density at radius 3 is 1.97 bits per heavy atom. The summed E-state index contributed by atoms with van der Waals surface area (Å²) in [6.07, 6.45) is 6.65. The topological polar surface area (TPSA) is 67.2 Å². The second-order valence-electron chi connectivity index (χ2n) is 8.89. The van der Waals surface area contributed by atoms with E-state index in [0.29, 0.717) is 0 Å². The molecule has 3 aromatic rings. The van der Waals surface area contributed by atoms with E-state index < -0.39 is 0 Å². The van der Waals surface area contributed by atoms with Crippen LogP contribution in [0.3, 0.4) is 0 Å². The molecule has 1 saturated heterocycles. The molecule has 1 aliphatic heterocycles. The third-order valence-electron chi connectivity index (χ3n) is 7.13. The van der Waals surface area contributed by atoms with E-state index in [1.54, 1.807) is 0 Å². The van der Waals surface area contributed by atoms with Gasteiger partial charge < -0.3 is 4.90 Å². The first-order valence-electron chi connectivity index (χ1n) is 11.6. The van der Waals surface area contributed by atoms with Crippen LogP contribution in [-0.4, -0.2) is 62.6 Å². The highest BCUT2D eigenvalue weighted by Crippen LogP contribution is 2.43. The molecule has 1 saturated carbocycles. The van der Waals surface area contributed by atoms with Crippen molar-refractivity contribution in [1.29, 1.82) is 0 Å². The lowest BCUT2D eigenvalue weighted by Gasteiger charge is -2.48. The van der Waals surface area contributed by atoms with Crippen molar-refractivity contribution < 1.29 is 4.79 Å². The standard InChI is InChI=1S/C25H30N6O/c32-20-29-16-18-30(19-17-29)25(14-8-3-9-15-25)24-26-27-28-31(24)23(21-10-4-1-5-11-21)22-12-6-2-7-13-22/h1-2,4-7,10-13,20,23H,3,8-9,14-19H2. The number of nitrogens with zero attached hydrogens (tertiary/aromatic N) is 6. The maximum Gasteiger partial charge on any atom is 0.209 e. The van der Waals surface area contributed by atoms with E-state index in [4.69, 9.17) is 0 Å². The summed E-state index contributed by atoms with van der Waals surface area (Å²) in [7, 11) is 0. The molecule has 1 aromatic heterocycles. The molecule has 1 aliphatic carbocycles. The fraction of sp³-hybridized carbons (Fsp3) is 0.440. The largest absolute Gasteiger partial charge is 0.343 e. The van der Waals surface area contributed by atoms with Crippen LogP contribution in [0.4, 0.5) is 0 Å². The van der Waals surface area contributed by atoms with E-state index in [2.05, 4.69) is 73.6 Å². The molecule has 0 spiro atoms. The minimum absolute atomic E-state index is 0.0857. The molecule has 5 rings (SSSR count). The maximum absolute atomic E-state index is 11.3. The Morgan fingerprint density at radius 1 is 0.812 bits per heavy atom. The molecule has 166 valence electrons. The molecule has 0 unspecified atom stereocenters. The summed E-state index contributed by atoms with van der Waals surface area (Å²) in [6, 6.07) is 20.9. The van der Waals surface area contributed by atoms with Crippen LogP contribution in [0, 0.1) is 0 Å². The Kier molecular flexibility index (Phi) is 5.99. The first-order chi connectivity index (χ1) is 15.8. The van der Waals surface area contributed by atoms with Crippen LogP contribution in [0.2, 0.25) is 0 Å². The van der Waals surface area contributed by atoms with Crippen LogP contribution in [0.5, 0.6) is 0 Å². The second-order valence-corrected chi connectivity index (χ2v) is 8.89. The van der Waals surface area contributed by atoms with Crippen molar-refractivity contribution in [3.05, 3.63) is 77.6 Å². The lowest BCUT2D eigenvalue weighted by atomic mass is 9.78. The third-order valence-corrected chi connectivity index (χ3v) is 7.13. The first kappa shape index (κ1) is 20.8. The highest BCUT2D eigenvalue weighted by molar-refractivity contribution is 5.47. The molecule has 0 N–H and O–H groups in total. The van der Waals surface area contributed by atoms with Crippen LogP contribution in [0.1, 0.15) is 55.1 Å². The Hall–Kier alpha value is -3.06. The highest BCUT2D eigenvalue weighted by atomic mass is 16.1. The average molecular weight is 431 g/mol. The van der Waals surface area contributed by atoms with E-state index >= 15 is 0 Å². The number of benzene rings is 2. The van der Waals surface area contributed by atoms with Gasteiger partial charge >= 0.3 is 0 Å².